The summed E-state index contributed by atoms with van der Waals surface area (Å²) in [4.78, 5) is 0. The van der Waals surface area contributed by atoms with Gasteiger partial charge in [0.1, 0.15) is 5.75 Å². The molecule has 0 aliphatic heterocycles. The van der Waals surface area contributed by atoms with E-state index in [0.717, 1.165) is 12.3 Å². The highest BCUT2D eigenvalue weighted by Crippen LogP contribution is 2.16. The molecule has 13 heavy (non-hydrogen) atoms. The largest absolute Gasteiger partial charge is 0.496 e. The van der Waals surface area contributed by atoms with E-state index in [0.29, 0.717) is 0 Å². The first-order chi connectivity index (χ1) is 6.38. The number of ether oxygens (including phenoxy) is 1. The van der Waals surface area contributed by atoms with Crippen molar-refractivity contribution in [2.45, 2.75) is 20.4 Å². The first-order valence-electron chi connectivity index (χ1n) is 4.65. The fraction of sp³-hybridized carbons (Fsp3) is 0.455. The molecule has 2 nitrogen and oxygen atoms in total. The Morgan fingerprint density at radius 3 is 2.38 bits per heavy atom. The maximum absolute atomic E-state index is 5.16. The normalized spacial score (nSPS) is 8.62. The lowest BCUT2D eigenvalue weighted by Gasteiger charge is -2.06. The number of rotatable bonds is 3. The van der Waals surface area contributed by atoms with Crippen molar-refractivity contribution in [1.29, 1.82) is 0 Å². The van der Waals surface area contributed by atoms with E-state index in [1.807, 2.05) is 39.1 Å². The van der Waals surface area contributed by atoms with E-state index in [1.54, 1.807) is 7.11 Å². The average Bonchev–Trinajstić information content (AvgIpc) is 2.22. The third kappa shape index (κ3) is 3.95. The topological polar surface area (TPSA) is 21.3 Å². The molecule has 0 aliphatic carbocycles. The van der Waals surface area contributed by atoms with E-state index >= 15 is 0 Å². The van der Waals surface area contributed by atoms with Crippen molar-refractivity contribution < 1.29 is 4.74 Å². The lowest BCUT2D eigenvalue weighted by molar-refractivity contribution is 0.408. The Kier molecular flexibility index (Phi) is 7.02. The highest BCUT2D eigenvalue weighted by Gasteiger charge is 1.97. The third-order valence-electron chi connectivity index (χ3n) is 1.56. The molecule has 0 aliphatic rings. The van der Waals surface area contributed by atoms with Crippen molar-refractivity contribution in [3.8, 4) is 5.75 Å². The molecule has 1 aromatic carbocycles. The van der Waals surface area contributed by atoms with Crippen molar-refractivity contribution in [1.82, 2.24) is 5.32 Å². The number of methoxy groups -OCH3 is 1. The summed E-state index contributed by atoms with van der Waals surface area (Å²) in [5.41, 5.74) is 1.19. The van der Waals surface area contributed by atoms with Crippen LogP contribution in [0.25, 0.3) is 0 Å². The quantitative estimate of drug-likeness (QED) is 0.773. The van der Waals surface area contributed by atoms with Gasteiger partial charge in [-0.15, -0.1) is 0 Å². The Balaban J connectivity index is 0.000000671. The smallest absolute Gasteiger partial charge is 0.123 e. The van der Waals surface area contributed by atoms with E-state index in [-0.39, 0.29) is 0 Å². The van der Waals surface area contributed by atoms with Gasteiger partial charge in [-0.25, -0.2) is 0 Å². The number of benzene rings is 1. The molecule has 2 heteroatoms. The second-order valence-electron chi connectivity index (χ2n) is 2.34. The Bertz CT molecular complexity index is 223. The third-order valence-corrected chi connectivity index (χ3v) is 1.56. The van der Waals surface area contributed by atoms with Gasteiger partial charge >= 0.3 is 0 Å². The van der Waals surface area contributed by atoms with Crippen LogP contribution in [0.2, 0.25) is 0 Å². The van der Waals surface area contributed by atoms with Crippen LogP contribution < -0.4 is 10.1 Å². The Morgan fingerprint density at radius 1 is 1.23 bits per heavy atom. The number of para-hydroxylation sites is 1. The maximum Gasteiger partial charge on any atom is 0.123 e. The van der Waals surface area contributed by atoms with Gasteiger partial charge in [-0.2, -0.15) is 0 Å². The minimum atomic E-state index is 0.851. The summed E-state index contributed by atoms with van der Waals surface area (Å²) < 4.78 is 5.16. The summed E-state index contributed by atoms with van der Waals surface area (Å²) in [5, 5.41) is 3.08. The SMILES string of the molecule is CC.CNCc1ccccc1OC. The highest BCUT2D eigenvalue weighted by molar-refractivity contribution is 5.32. The molecular weight excluding hydrogens is 162 g/mol. The van der Waals surface area contributed by atoms with Crippen LogP contribution in [0.5, 0.6) is 5.75 Å². The number of hydrogen-bond acceptors (Lipinski definition) is 2. The minimum Gasteiger partial charge on any atom is -0.496 e. The van der Waals surface area contributed by atoms with Crippen LogP contribution in [0.1, 0.15) is 19.4 Å². The van der Waals surface area contributed by atoms with Gasteiger partial charge in [0.25, 0.3) is 0 Å². The Labute approximate surface area is 80.9 Å². The van der Waals surface area contributed by atoms with Gasteiger partial charge < -0.3 is 10.1 Å². The van der Waals surface area contributed by atoms with Crippen molar-refractivity contribution >= 4 is 0 Å². The molecule has 0 unspecified atom stereocenters. The van der Waals surface area contributed by atoms with Crippen molar-refractivity contribution in [2.75, 3.05) is 14.2 Å². The van der Waals surface area contributed by atoms with E-state index in [2.05, 4.69) is 11.4 Å². The lowest BCUT2D eigenvalue weighted by Crippen LogP contribution is -2.06. The number of nitrogens with one attached hydrogen (secondary N) is 1. The van der Waals surface area contributed by atoms with Crippen LogP contribution >= 0.6 is 0 Å². The summed E-state index contributed by atoms with van der Waals surface area (Å²) in [6.07, 6.45) is 0. The maximum atomic E-state index is 5.16. The fourth-order valence-electron chi connectivity index (χ4n) is 1.04. The van der Waals surface area contributed by atoms with E-state index < -0.39 is 0 Å². The van der Waals surface area contributed by atoms with E-state index in [9.17, 15) is 0 Å². The standard InChI is InChI=1S/C9H13NO.C2H6/c1-10-7-8-5-3-4-6-9(8)11-2;1-2/h3-6,10H,7H2,1-2H3;1-2H3. The molecule has 0 fully saturated rings. The minimum absolute atomic E-state index is 0.851. The van der Waals surface area contributed by atoms with Gasteiger partial charge in [0.2, 0.25) is 0 Å². The first-order valence-corrected chi connectivity index (χ1v) is 4.65. The van der Waals surface area contributed by atoms with Crippen LogP contribution in [0.15, 0.2) is 24.3 Å². The van der Waals surface area contributed by atoms with Crippen LogP contribution in [0, 0.1) is 0 Å². The summed E-state index contributed by atoms with van der Waals surface area (Å²) in [5.74, 6) is 0.946. The molecule has 1 aromatic rings. The molecule has 0 saturated carbocycles. The molecule has 0 aromatic heterocycles. The second-order valence-corrected chi connectivity index (χ2v) is 2.34. The van der Waals surface area contributed by atoms with Gasteiger partial charge in [-0.1, -0.05) is 32.0 Å². The summed E-state index contributed by atoms with van der Waals surface area (Å²) in [6.45, 7) is 4.85. The summed E-state index contributed by atoms with van der Waals surface area (Å²) >= 11 is 0. The van der Waals surface area contributed by atoms with E-state index in [4.69, 9.17) is 4.74 Å². The average molecular weight is 181 g/mol. The molecule has 0 spiro atoms. The van der Waals surface area contributed by atoms with Crippen molar-refractivity contribution in [3.63, 3.8) is 0 Å². The van der Waals surface area contributed by atoms with Crippen LogP contribution in [0.4, 0.5) is 0 Å². The van der Waals surface area contributed by atoms with Gasteiger partial charge in [0, 0.05) is 12.1 Å². The predicted octanol–water partition coefficient (Wildman–Crippen LogP) is 2.44. The molecule has 74 valence electrons. The number of hydrogen-bond donors (Lipinski definition) is 1. The molecule has 0 heterocycles. The Morgan fingerprint density at radius 2 is 1.85 bits per heavy atom. The molecule has 0 amide bonds. The van der Waals surface area contributed by atoms with Crippen molar-refractivity contribution in [2.24, 2.45) is 0 Å². The first kappa shape index (κ1) is 12.0. The summed E-state index contributed by atoms with van der Waals surface area (Å²) in [6, 6.07) is 8.00. The molecule has 0 saturated heterocycles. The molecule has 0 atom stereocenters. The van der Waals surface area contributed by atoms with E-state index in [1.165, 1.54) is 5.56 Å². The van der Waals surface area contributed by atoms with Crippen molar-refractivity contribution in [3.05, 3.63) is 29.8 Å². The molecule has 0 radical (unpaired) electrons. The zero-order chi connectivity index (χ0) is 10.1. The Hall–Kier alpha value is -1.02. The molecule has 1 rings (SSSR count). The second kappa shape index (κ2) is 7.62. The highest BCUT2D eigenvalue weighted by atomic mass is 16.5. The van der Waals surface area contributed by atoms with Gasteiger partial charge in [0.05, 0.1) is 7.11 Å². The molecular formula is C11H19NO. The predicted molar refractivity (Wildman–Crippen MR) is 57.1 cm³/mol. The van der Waals surface area contributed by atoms with Crippen LogP contribution in [0.3, 0.4) is 0 Å². The monoisotopic (exact) mass is 181 g/mol. The van der Waals surface area contributed by atoms with Crippen LogP contribution in [-0.4, -0.2) is 14.2 Å². The van der Waals surface area contributed by atoms with Gasteiger partial charge in [0.15, 0.2) is 0 Å². The lowest BCUT2D eigenvalue weighted by atomic mass is 10.2. The zero-order valence-electron chi connectivity index (χ0n) is 8.92. The molecule has 1 N–H and O–H groups in total. The summed E-state index contributed by atoms with van der Waals surface area (Å²) in [7, 11) is 3.61. The zero-order valence-corrected chi connectivity index (χ0v) is 8.92. The fourth-order valence-corrected chi connectivity index (χ4v) is 1.04. The van der Waals surface area contributed by atoms with Crippen LogP contribution in [-0.2, 0) is 6.54 Å². The van der Waals surface area contributed by atoms with Gasteiger partial charge in [-0.05, 0) is 13.1 Å². The van der Waals surface area contributed by atoms with Gasteiger partial charge in [-0.3, -0.25) is 0 Å². The molecule has 0 bridgehead atoms.